The van der Waals surface area contributed by atoms with Crippen LogP contribution in [0.2, 0.25) is 0 Å². The predicted molar refractivity (Wildman–Crippen MR) is 75.7 cm³/mol. The molecule has 0 spiro atoms. The van der Waals surface area contributed by atoms with Crippen LogP contribution in [0.5, 0.6) is 5.88 Å². The standard InChI is InChI=1S/C15H25FN2O/c1-11(2)18-10-12-6-8-17-14(13(12)16)19-9-7-15(3,4)5/h6,8,11,18H,7,9-10H2,1-5H3. The summed E-state index contributed by atoms with van der Waals surface area (Å²) < 4.78 is 19.6. The van der Waals surface area contributed by atoms with E-state index in [1.807, 2.05) is 13.8 Å². The summed E-state index contributed by atoms with van der Waals surface area (Å²) >= 11 is 0. The summed E-state index contributed by atoms with van der Waals surface area (Å²) in [7, 11) is 0. The van der Waals surface area contributed by atoms with Crippen molar-refractivity contribution in [2.75, 3.05) is 6.61 Å². The maximum absolute atomic E-state index is 14.1. The van der Waals surface area contributed by atoms with E-state index >= 15 is 0 Å². The van der Waals surface area contributed by atoms with Crippen molar-refractivity contribution in [3.63, 3.8) is 0 Å². The van der Waals surface area contributed by atoms with Gasteiger partial charge in [-0.15, -0.1) is 0 Å². The third kappa shape index (κ3) is 6.01. The normalized spacial score (nSPS) is 11.9. The van der Waals surface area contributed by atoms with E-state index in [1.54, 1.807) is 12.3 Å². The number of pyridine rings is 1. The van der Waals surface area contributed by atoms with Gasteiger partial charge >= 0.3 is 0 Å². The Morgan fingerprint density at radius 3 is 2.63 bits per heavy atom. The van der Waals surface area contributed by atoms with E-state index in [4.69, 9.17) is 4.74 Å². The molecule has 0 fully saturated rings. The molecule has 19 heavy (non-hydrogen) atoms. The van der Waals surface area contributed by atoms with E-state index in [-0.39, 0.29) is 17.1 Å². The van der Waals surface area contributed by atoms with Crippen molar-refractivity contribution in [2.45, 2.75) is 53.6 Å². The number of aromatic nitrogens is 1. The van der Waals surface area contributed by atoms with Crippen molar-refractivity contribution >= 4 is 0 Å². The third-order valence-electron chi connectivity index (χ3n) is 2.73. The quantitative estimate of drug-likeness (QED) is 0.857. The van der Waals surface area contributed by atoms with Crippen LogP contribution in [0.3, 0.4) is 0 Å². The summed E-state index contributed by atoms with van der Waals surface area (Å²) in [6.07, 6.45) is 2.45. The Balaban J connectivity index is 2.61. The average Bonchev–Trinajstić information content (AvgIpc) is 2.28. The second kappa shape index (κ2) is 6.85. The molecule has 1 aromatic heterocycles. The van der Waals surface area contributed by atoms with Crippen LogP contribution >= 0.6 is 0 Å². The second-order valence-corrected chi connectivity index (χ2v) is 6.28. The summed E-state index contributed by atoms with van der Waals surface area (Å²) in [6.45, 7) is 11.4. The smallest absolute Gasteiger partial charge is 0.250 e. The largest absolute Gasteiger partial charge is 0.476 e. The fourth-order valence-electron chi connectivity index (χ4n) is 1.47. The fourth-order valence-corrected chi connectivity index (χ4v) is 1.47. The number of halogens is 1. The van der Waals surface area contributed by atoms with E-state index in [0.717, 1.165) is 6.42 Å². The Bertz CT molecular complexity index is 400. The zero-order valence-electron chi connectivity index (χ0n) is 12.6. The van der Waals surface area contributed by atoms with Gasteiger partial charge in [0.2, 0.25) is 0 Å². The molecule has 0 unspecified atom stereocenters. The van der Waals surface area contributed by atoms with Crippen molar-refractivity contribution in [1.82, 2.24) is 10.3 Å². The van der Waals surface area contributed by atoms with Gasteiger partial charge in [0.1, 0.15) is 0 Å². The second-order valence-electron chi connectivity index (χ2n) is 6.28. The Morgan fingerprint density at radius 2 is 2.05 bits per heavy atom. The van der Waals surface area contributed by atoms with E-state index < -0.39 is 0 Å². The minimum atomic E-state index is -0.357. The topological polar surface area (TPSA) is 34.2 Å². The van der Waals surface area contributed by atoms with E-state index in [2.05, 4.69) is 31.1 Å². The Hall–Kier alpha value is -1.16. The number of rotatable bonds is 6. The van der Waals surface area contributed by atoms with Crippen LogP contribution in [-0.2, 0) is 6.54 Å². The summed E-state index contributed by atoms with van der Waals surface area (Å²) in [5.41, 5.74) is 0.766. The van der Waals surface area contributed by atoms with Crippen LogP contribution in [0.4, 0.5) is 4.39 Å². The molecule has 0 saturated heterocycles. The molecular formula is C15H25FN2O. The van der Waals surface area contributed by atoms with E-state index in [1.165, 1.54) is 0 Å². The highest BCUT2D eigenvalue weighted by molar-refractivity contribution is 5.23. The maximum Gasteiger partial charge on any atom is 0.250 e. The number of ether oxygens (including phenoxy) is 1. The number of hydrogen-bond acceptors (Lipinski definition) is 3. The van der Waals surface area contributed by atoms with E-state index in [9.17, 15) is 4.39 Å². The van der Waals surface area contributed by atoms with Gasteiger partial charge in [-0.05, 0) is 17.9 Å². The summed E-state index contributed by atoms with van der Waals surface area (Å²) in [5, 5.41) is 3.19. The lowest BCUT2D eigenvalue weighted by Crippen LogP contribution is -2.22. The van der Waals surface area contributed by atoms with Crippen molar-refractivity contribution in [3.05, 3.63) is 23.6 Å². The minimum Gasteiger partial charge on any atom is -0.476 e. The molecule has 0 saturated carbocycles. The first-order valence-electron chi connectivity index (χ1n) is 6.79. The van der Waals surface area contributed by atoms with Gasteiger partial charge in [-0.2, -0.15) is 0 Å². The minimum absolute atomic E-state index is 0.104. The van der Waals surface area contributed by atoms with Crippen LogP contribution in [-0.4, -0.2) is 17.6 Å². The predicted octanol–water partition coefficient (Wildman–Crippen LogP) is 3.53. The number of nitrogens with zero attached hydrogens (tertiary/aromatic N) is 1. The molecule has 1 aromatic rings. The molecule has 1 N–H and O–H groups in total. The van der Waals surface area contributed by atoms with Crippen LogP contribution in [0.15, 0.2) is 12.3 Å². The number of nitrogens with one attached hydrogen (secondary N) is 1. The molecule has 1 rings (SSSR count). The SMILES string of the molecule is CC(C)NCc1ccnc(OCCC(C)(C)C)c1F. The van der Waals surface area contributed by atoms with Crippen LogP contribution in [0.25, 0.3) is 0 Å². The summed E-state index contributed by atoms with van der Waals surface area (Å²) in [4.78, 5) is 3.96. The van der Waals surface area contributed by atoms with Crippen LogP contribution < -0.4 is 10.1 Å². The van der Waals surface area contributed by atoms with Crippen molar-refractivity contribution in [2.24, 2.45) is 5.41 Å². The van der Waals surface area contributed by atoms with Crippen molar-refractivity contribution < 1.29 is 9.13 Å². The lowest BCUT2D eigenvalue weighted by atomic mass is 9.93. The third-order valence-corrected chi connectivity index (χ3v) is 2.73. The lowest BCUT2D eigenvalue weighted by molar-refractivity contribution is 0.227. The Morgan fingerprint density at radius 1 is 1.37 bits per heavy atom. The molecule has 0 radical (unpaired) electrons. The number of hydrogen-bond donors (Lipinski definition) is 1. The van der Waals surface area contributed by atoms with Gasteiger partial charge in [0.05, 0.1) is 6.61 Å². The fraction of sp³-hybridized carbons (Fsp3) is 0.667. The summed E-state index contributed by atoms with van der Waals surface area (Å²) in [6, 6.07) is 2.00. The highest BCUT2D eigenvalue weighted by Crippen LogP contribution is 2.21. The first kappa shape index (κ1) is 15.9. The molecule has 0 aliphatic heterocycles. The molecule has 0 aromatic carbocycles. The molecule has 4 heteroatoms. The maximum atomic E-state index is 14.1. The highest BCUT2D eigenvalue weighted by Gasteiger charge is 2.14. The first-order valence-corrected chi connectivity index (χ1v) is 6.79. The average molecular weight is 268 g/mol. The summed E-state index contributed by atoms with van der Waals surface area (Å²) in [5.74, 6) is -0.253. The Kier molecular flexibility index (Phi) is 5.73. The molecule has 0 bridgehead atoms. The van der Waals surface area contributed by atoms with Gasteiger partial charge in [0.25, 0.3) is 5.88 Å². The highest BCUT2D eigenvalue weighted by atomic mass is 19.1. The van der Waals surface area contributed by atoms with Crippen molar-refractivity contribution in [3.8, 4) is 5.88 Å². The van der Waals surface area contributed by atoms with Crippen molar-refractivity contribution in [1.29, 1.82) is 0 Å². The van der Waals surface area contributed by atoms with Gasteiger partial charge in [-0.25, -0.2) is 9.37 Å². The zero-order valence-corrected chi connectivity index (χ0v) is 12.6. The molecule has 3 nitrogen and oxygen atoms in total. The van der Waals surface area contributed by atoms with Gasteiger partial charge in [-0.1, -0.05) is 34.6 Å². The van der Waals surface area contributed by atoms with Crippen LogP contribution in [0.1, 0.15) is 46.6 Å². The zero-order chi connectivity index (χ0) is 14.5. The Labute approximate surface area is 115 Å². The molecule has 0 amide bonds. The van der Waals surface area contributed by atoms with Gasteiger partial charge in [-0.3, -0.25) is 0 Å². The molecule has 0 aliphatic carbocycles. The van der Waals surface area contributed by atoms with Gasteiger partial charge < -0.3 is 10.1 Å². The van der Waals surface area contributed by atoms with Gasteiger partial charge in [0, 0.05) is 24.3 Å². The molecule has 0 atom stereocenters. The molecular weight excluding hydrogens is 243 g/mol. The monoisotopic (exact) mass is 268 g/mol. The lowest BCUT2D eigenvalue weighted by Gasteiger charge is -2.18. The van der Waals surface area contributed by atoms with E-state index in [0.29, 0.717) is 24.8 Å². The van der Waals surface area contributed by atoms with Crippen LogP contribution in [0, 0.1) is 11.2 Å². The van der Waals surface area contributed by atoms with Gasteiger partial charge in [0.15, 0.2) is 5.82 Å². The first-order chi connectivity index (χ1) is 8.79. The molecule has 108 valence electrons. The molecule has 1 heterocycles. The molecule has 0 aliphatic rings.